The molecule has 96 valence electrons. The Kier molecular flexibility index (Phi) is 2.51. The van der Waals surface area contributed by atoms with Crippen molar-refractivity contribution in [3.05, 3.63) is 0 Å². The number of nitrogens with two attached hydrogens (primary N) is 1. The van der Waals surface area contributed by atoms with Crippen LogP contribution in [0.1, 0.15) is 51.9 Å². The first-order chi connectivity index (χ1) is 8.09. The summed E-state index contributed by atoms with van der Waals surface area (Å²) in [6.45, 7) is 2.75. The summed E-state index contributed by atoms with van der Waals surface area (Å²) in [6, 6.07) is 0. The van der Waals surface area contributed by atoms with Crippen LogP contribution in [0.25, 0.3) is 0 Å². The molecule has 0 aliphatic heterocycles. The molecule has 4 fully saturated rings. The third-order valence-electron chi connectivity index (χ3n) is 5.34. The fourth-order valence-electron chi connectivity index (χ4n) is 5.22. The Morgan fingerprint density at radius 2 is 1.94 bits per heavy atom. The van der Waals surface area contributed by atoms with Crippen LogP contribution in [0.2, 0.25) is 0 Å². The van der Waals surface area contributed by atoms with Gasteiger partial charge >= 0.3 is 0 Å². The number of amides is 1. The molecule has 0 radical (unpaired) electrons. The molecule has 4 aliphatic carbocycles. The van der Waals surface area contributed by atoms with Gasteiger partial charge in [0.15, 0.2) is 0 Å². The fraction of sp³-hybridized carbons (Fsp3) is 0.929. The molecule has 0 aromatic heterocycles. The summed E-state index contributed by atoms with van der Waals surface area (Å²) >= 11 is 0. The quantitative estimate of drug-likeness (QED) is 0.785. The van der Waals surface area contributed by atoms with E-state index in [1.807, 2.05) is 6.92 Å². The summed E-state index contributed by atoms with van der Waals surface area (Å²) in [5.41, 5.74) is 6.50. The van der Waals surface area contributed by atoms with E-state index < -0.39 is 0 Å². The molecule has 1 amide bonds. The lowest BCUT2D eigenvalue weighted by Crippen LogP contribution is -2.64. The van der Waals surface area contributed by atoms with Gasteiger partial charge in [0.05, 0.1) is 0 Å². The average Bonchev–Trinajstić information content (AvgIpc) is 2.26. The Morgan fingerprint density at radius 1 is 1.29 bits per heavy atom. The minimum atomic E-state index is 0.108. The van der Waals surface area contributed by atoms with Crippen LogP contribution in [0.4, 0.5) is 0 Å². The molecule has 3 nitrogen and oxygen atoms in total. The van der Waals surface area contributed by atoms with Crippen LogP contribution < -0.4 is 11.1 Å². The van der Waals surface area contributed by atoms with Crippen molar-refractivity contribution in [2.45, 2.75) is 57.4 Å². The second kappa shape index (κ2) is 3.71. The Hall–Kier alpha value is -0.570. The zero-order chi connectivity index (χ0) is 12.1. The summed E-state index contributed by atoms with van der Waals surface area (Å²) in [7, 11) is 0. The van der Waals surface area contributed by atoms with Gasteiger partial charge in [0.2, 0.25) is 5.91 Å². The van der Waals surface area contributed by atoms with E-state index in [1.165, 1.54) is 32.1 Å². The van der Waals surface area contributed by atoms with E-state index in [-0.39, 0.29) is 11.4 Å². The Labute approximate surface area is 104 Å². The molecule has 4 aliphatic rings. The molecule has 2 atom stereocenters. The van der Waals surface area contributed by atoms with Crippen LogP contribution in [-0.2, 0) is 4.79 Å². The van der Waals surface area contributed by atoms with Gasteiger partial charge in [-0.25, -0.2) is 0 Å². The molecule has 0 heterocycles. The molecule has 4 rings (SSSR count). The second-order valence-electron chi connectivity index (χ2n) is 6.85. The monoisotopic (exact) mass is 236 g/mol. The minimum Gasteiger partial charge on any atom is -0.351 e. The normalized spacial score (nSPS) is 47.2. The lowest BCUT2D eigenvalue weighted by atomic mass is 9.47. The van der Waals surface area contributed by atoms with Gasteiger partial charge < -0.3 is 11.1 Å². The molecular formula is C14H24N2O. The fourth-order valence-corrected chi connectivity index (χ4v) is 5.22. The number of hydrogen-bond acceptors (Lipinski definition) is 2. The van der Waals surface area contributed by atoms with Crippen LogP contribution in [0, 0.1) is 17.3 Å². The van der Waals surface area contributed by atoms with Gasteiger partial charge in [0.1, 0.15) is 0 Å². The van der Waals surface area contributed by atoms with E-state index in [1.54, 1.807) is 0 Å². The van der Waals surface area contributed by atoms with Crippen molar-refractivity contribution >= 4 is 5.91 Å². The number of hydrogen-bond donors (Lipinski definition) is 2. The lowest BCUT2D eigenvalue weighted by Gasteiger charge is -2.62. The molecule has 3 heteroatoms. The highest BCUT2D eigenvalue weighted by Crippen LogP contribution is 2.61. The SMILES string of the molecule is CCC(=O)NC12CC3CC(CC(CN)(C3)C1)C2. The summed E-state index contributed by atoms with van der Waals surface area (Å²) in [5.74, 6) is 1.85. The van der Waals surface area contributed by atoms with Crippen molar-refractivity contribution in [2.24, 2.45) is 23.0 Å². The third-order valence-corrected chi connectivity index (χ3v) is 5.34. The molecule has 4 saturated carbocycles. The molecule has 3 N–H and O–H groups in total. The summed E-state index contributed by atoms with van der Waals surface area (Å²) in [5, 5.41) is 3.34. The zero-order valence-electron chi connectivity index (χ0n) is 10.8. The molecule has 4 bridgehead atoms. The van der Waals surface area contributed by atoms with Gasteiger partial charge in [-0.05, 0) is 62.3 Å². The van der Waals surface area contributed by atoms with Crippen LogP contribution >= 0.6 is 0 Å². The largest absolute Gasteiger partial charge is 0.351 e. The molecule has 0 aromatic rings. The maximum absolute atomic E-state index is 11.7. The first kappa shape index (κ1) is 11.5. The van der Waals surface area contributed by atoms with Crippen LogP contribution in [0.15, 0.2) is 0 Å². The standard InChI is InChI=1S/C14H24N2O/c1-2-12(17)16-14-6-10-3-11(7-14)5-13(4-10,8-14)9-15/h10-11H,2-9,15H2,1H3,(H,16,17). The van der Waals surface area contributed by atoms with E-state index in [2.05, 4.69) is 5.32 Å². The number of nitrogens with one attached hydrogen (secondary N) is 1. The van der Waals surface area contributed by atoms with Crippen molar-refractivity contribution in [3.63, 3.8) is 0 Å². The van der Waals surface area contributed by atoms with Crippen LogP contribution in [0.3, 0.4) is 0 Å². The maximum Gasteiger partial charge on any atom is 0.220 e. The zero-order valence-corrected chi connectivity index (χ0v) is 10.8. The van der Waals surface area contributed by atoms with Gasteiger partial charge in [-0.15, -0.1) is 0 Å². The Bertz CT molecular complexity index is 325. The highest BCUT2D eigenvalue weighted by atomic mass is 16.1. The Balaban J connectivity index is 1.84. The topological polar surface area (TPSA) is 55.1 Å². The van der Waals surface area contributed by atoms with Crippen molar-refractivity contribution in [2.75, 3.05) is 6.54 Å². The van der Waals surface area contributed by atoms with Gasteiger partial charge in [-0.2, -0.15) is 0 Å². The van der Waals surface area contributed by atoms with Crippen LogP contribution in [0.5, 0.6) is 0 Å². The third kappa shape index (κ3) is 1.79. The maximum atomic E-state index is 11.7. The summed E-state index contributed by atoms with van der Waals surface area (Å²) < 4.78 is 0. The van der Waals surface area contributed by atoms with Crippen molar-refractivity contribution in [3.8, 4) is 0 Å². The lowest BCUT2D eigenvalue weighted by molar-refractivity contribution is -0.130. The predicted octanol–water partition coefficient (Wildman–Crippen LogP) is 1.81. The smallest absolute Gasteiger partial charge is 0.220 e. The van der Waals surface area contributed by atoms with E-state index in [0.717, 1.165) is 24.8 Å². The van der Waals surface area contributed by atoms with Gasteiger partial charge in [0.25, 0.3) is 0 Å². The highest BCUT2D eigenvalue weighted by Gasteiger charge is 2.57. The van der Waals surface area contributed by atoms with Crippen LogP contribution in [-0.4, -0.2) is 18.0 Å². The van der Waals surface area contributed by atoms with E-state index in [0.29, 0.717) is 11.8 Å². The van der Waals surface area contributed by atoms with Gasteiger partial charge in [0, 0.05) is 12.0 Å². The molecule has 0 saturated heterocycles. The molecule has 0 spiro atoms. The summed E-state index contributed by atoms with van der Waals surface area (Å²) in [4.78, 5) is 11.7. The van der Waals surface area contributed by atoms with E-state index in [9.17, 15) is 4.79 Å². The first-order valence-corrected chi connectivity index (χ1v) is 7.10. The number of rotatable bonds is 3. The van der Waals surface area contributed by atoms with Crippen molar-refractivity contribution in [1.29, 1.82) is 0 Å². The molecule has 17 heavy (non-hydrogen) atoms. The predicted molar refractivity (Wildman–Crippen MR) is 67.3 cm³/mol. The van der Waals surface area contributed by atoms with E-state index >= 15 is 0 Å². The number of carbonyl (C=O) groups excluding carboxylic acids is 1. The minimum absolute atomic E-state index is 0.108. The van der Waals surface area contributed by atoms with Gasteiger partial charge in [-0.3, -0.25) is 4.79 Å². The van der Waals surface area contributed by atoms with E-state index in [4.69, 9.17) is 5.73 Å². The second-order valence-corrected chi connectivity index (χ2v) is 6.85. The first-order valence-electron chi connectivity index (χ1n) is 7.10. The molecular weight excluding hydrogens is 212 g/mol. The number of carbonyl (C=O) groups is 1. The highest BCUT2D eigenvalue weighted by molar-refractivity contribution is 5.76. The summed E-state index contributed by atoms with van der Waals surface area (Å²) in [6.07, 6.45) is 8.15. The van der Waals surface area contributed by atoms with Crippen molar-refractivity contribution < 1.29 is 4.79 Å². The molecule has 2 unspecified atom stereocenters. The Morgan fingerprint density at radius 3 is 2.47 bits per heavy atom. The van der Waals surface area contributed by atoms with Gasteiger partial charge in [-0.1, -0.05) is 6.92 Å². The average molecular weight is 236 g/mol. The molecule has 0 aromatic carbocycles. The van der Waals surface area contributed by atoms with Crippen molar-refractivity contribution in [1.82, 2.24) is 5.32 Å².